The maximum atomic E-state index is 11.8. The lowest BCUT2D eigenvalue weighted by Gasteiger charge is -2.06. The fourth-order valence-corrected chi connectivity index (χ4v) is 1.32. The number of rotatable bonds is 2. The minimum Gasteiger partial charge on any atom is -0.397 e. The third-order valence-electron chi connectivity index (χ3n) is 2.31. The first-order chi connectivity index (χ1) is 8.16. The quantitative estimate of drug-likeness (QED) is 0.818. The van der Waals surface area contributed by atoms with Gasteiger partial charge >= 0.3 is 0 Å². The van der Waals surface area contributed by atoms with E-state index in [0.29, 0.717) is 17.1 Å². The van der Waals surface area contributed by atoms with Gasteiger partial charge in [-0.15, -0.1) is 0 Å². The Balaban J connectivity index is 2.17. The van der Waals surface area contributed by atoms with Gasteiger partial charge in [-0.1, -0.05) is 0 Å². The Morgan fingerprint density at radius 2 is 2.12 bits per heavy atom. The van der Waals surface area contributed by atoms with Gasteiger partial charge in [0.15, 0.2) is 0 Å². The van der Waals surface area contributed by atoms with Crippen LogP contribution in [0.1, 0.15) is 16.1 Å². The average molecular weight is 228 g/mol. The van der Waals surface area contributed by atoms with Crippen LogP contribution in [0.5, 0.6) is 0 Å². The number of carbonyl (C=O) groups excluding carboxylic acids is 1. The summed E-state index contributed by atoms with van der Waals surface area (Å²) < 4.78 is 0. The molecule has 0 fully saturated rings. The highest BCUT2D eigenvalue weighted by atomic mass is 16.1. The van der Waals surface area contributed by atoms with Crippen molar-refractivity contribution >= 4 is 17.3 Å². The molecule has 0 aliphatic carbocycles. The zero-order chi connectivity index (χ0) is 12.3. The van der Waals surface area contributed by atoms with Gasteiger partial charge in [0.2, 0.25) is 0 Å². The molecule has 0 radical (unpaired) electrons. The van der Waals surface area contributed by atoms with Crippen molar-refractivity contribution < 1.29 is 4.79 Å². The predicted octanol–water partition coefficient (Wildman–Crippen LogP) is 1.62. The van der Waals surface area contributed by atoms with Crippen molar-refractivity contribution in [3.05, 3.63) is 48.0 Å². The Labute approximate surface area is 98.7 Å². The summed E-state index contributed by atoms with van der Waals surface area (Å²) in [5, 5.41) is 2.74. The molecule has 1 amide bonds. The van der Waals surface area contributed by atoms with E-state index in [1.807, 2.05) is 13.0 Å². The summed E-state index contributed by atoms with van der Waals surface area (Å²) in [5.74, 6) is -0.277. The van der Waals surface area contributed by atoms with Gasteiger partial charge in [0.1, 0.15) is 5.69 Å². The molecular weight excluding hydrogens is 216 g/mol. The number of hydrogen-bond donors (Lipinski definition) is 2. The number of anilines is 2. The second-order valence-electron chi connectivity index (χ2n) is 3.62. The van der Waals surface area contributed by atoms with Crippen molar-refractivity contribution in [3.63, 3.8) is 0 Å². The molecule has 5 nitrogen and oxygen atoms in total. The number of amides is 1. The van der Waals surface area contributed by atoms with E-state index < -0.39 is 0 Å². The first kappa shape index (κ1) is 11.1. The molecule has 0 unspecified atom stereocenters. The van der Waals surface area contributed by atoms with Gasteiger partial charge < -0.3 is 11.1 Å². The van der Waals surface area contributed by atoms with Crippen molar-refractivity contribution in [2.75, 3.05) is 11.1 Å². The van der Waals surface area contributed by atoms with E-state index in [2.05, 4.69) is 15.3 Å². The number of hydrogen-bond acceptors (Lipinski definition) is 4. The fourth-order valence-electron chi connectivity index (χ4n) is 1.32. The smallest absolute Gasteiger partial charge is 0.274 e. The highest BCUT2D eigenvalue weighted by Crippen LogP contribution is 2.12. The Hall–Kier alpha value is -2.43. The minimum absolute atomic E-state index is 0.277. The Bertz CT molecular complexity index is 536. The summed E-state index contributed by atoms with van der Waals surface area (Å²) in [6.07, 6.45) is 4.72. The SMILES string of the molecule is Cc1ccncc1NC(=O)c1ccc(N)cn1. The van der Waals surface area contributed by atoms with Crippen molar-refractivity contribution in [1.82, 2.24) is 9.97 Å². The monoisotopic (exact) mass is 228 g/mol. The highest BCUT2D eigenvalue weighted by molar-refractivity contribution is 6.03. The van der Waals surface area contributed by atoms with E-state index >= 15 is 0 Å². The van der Waals surface area contributed by atoms with Crippen molar-refractivity contribution in [3.8, 4) is 0 Å². The third-order valence-corrected chi connectivity index (χ3v) is 2.31. The first-order valence-corrected chi connectivity index (χ1v) is 5.10. The van der Waals surface area contributed by atoms with Gasteiger partial charge in [-0.3, -0.25) is 9.78 Å². The normalized spacial score (nSPS) is 9.94. The summed E-state index contributed by atoms with van der Waals surface area (Å²) in [7, 11) is 0. The standard InChI is InChI=1S/C12H12N4O/c1-8-4-5-14-7-11(8)16-12(17)10-3-2-9(13)6-15-10/h2-7H,13H2,1H3,(H,16,17). The minimum atomic E-state index is -0.277. The van der Waals surface area contributed by atoms with E-state index in [-0.39, 0.29) is 5.91 Å². The molecule has 0 saturated carbocycles. The predicted molar refractivity (Wildman–Crippen MR) is 65.6 cm³/mol. The number of pyridine rings is 2. The van der Waals surface area contributed by atoms with Crippen LogP contribution in [-0.2, 0) is 0 Å². The van der Waals surface area contributed by atoms with Gasteiger partial charge in [0, 0.05) is 6.20 Å². The van der Waals surface area contributed by atoms with Crippen LogP contribution in [0.2, 0.25) is 0 Å². The summed E-state index contributed by atoms with van der Waals surface area (Å²) >= 11 is 0. The van der Waals surface area contributed by atoms with Crippen LogP contribution in [0.25, 0.3) is 0 Å². The van der Waals surface area contributed by atoms with Crippen LogP contribution in [0.3, 0.4) is 0 Å². The van der Waals surface area contributed by atoms with E-state index in [4.69, 9.17) is 5.73 Å². The molecule has 5 heteroatoms. The summed E-state index contributed by atoms with van der Waals surface area (Å²) in [5.41, 5.74) is 7.97. The van der Waals surface area contributed by atoms with E-state index in [0.717, 1.165) is 5.56 Å². The molecule has 2 aromatic heterocycles. The number of nitrogens with zero attached hydrogens (tertiary/aromatic N) is 2. The average Bonchev–Trinajstić information content (AvgIpc) is 2.33. The van der Waals surface area contributed by atoms with Crippen molar-refractivity contribution in [2.45, 2.75) is 6.92 Å². The Kier molecular flexibility index (Phi) is 3.00. The van der Waals surface area contributed by atoms with Gasteiger partial charge in [-0.2, -0.15) is 0 Å². The number of carbonyl (C=O) groups is 1. The van der Waals surface area contributed by atoms with Crippen LogP contribution in [0.15, 0.2) is 36.8 Å². The fraction of sp³-hybridized carbons (Fsp3) is 0.0833. The van der Waals surface area contributed by atoms with Crippen LogP contribution < -0.4 is 11.1 Å². The lowest BCUT2D eigenvalue weighted by Crippen LogP contribution is -2.14. The number of nitrogen functional groups attached to an aromatic ring is 1. The largest absolute Gasteiger partial charge is 0.397 e. The molecule has 0 atom stereocenters. The maximum Gasteiger partial charge on any atom is 0.274 e. The molecule has 2 rings (SSSR count). The molecule has 2 aromatic rings. The molecule has 2 heterocycles. The van der Waals surface area contributed by atoms with Gasteiger partial charge in [-0.05, 0) is 30.7 Å². The molecule has 0 aromatic carbocycles. The molecular formula is C12H12N4O. The van der Waals surface area contributed by atoms with Crippen LogP contribution in [0.4, 0.5) is 11.4 Å². The van der Waals surface area contributed by atoms with E-state index in [9.17, 15) is 4.79 Å². The van der Waals surface area contributed by atoms with Gasteiger partial charge in [-0.25, -0.2) is 4.98 Å². The zero-order valence-electron chi connectivity index (χ0n) is 9.34. The van der Waals surface area contributed by atoms with E-state index in [1.54, 1.807) is 24.5 Å². The van der Waals surface area contributed by atoms with Crippen LogP contribution in [-0.4, -0.2) is 15.9 Å². The Morgan fingerprint density at radius 3 is 2.76 bits per heavy atom. The molecule has 0 aliphatic heterocycles. The van der Waals surface area contributed by atoms with Crippen LogP contribution in [0, 0.1) is 6.92 Å². The number of aromatic nitrogens is 2. The molecule has 0 bridgehead atoms. The second kappa shape index (κ2) is 4.61. The van der Waals surface area contributed by atoms with Crippen molar-refractivity contribution in [1.29, 1.82) is 0 Å². The molecule has 86 valence electrons. The van der Waals surface area contributed by atoms with Crippen LogP contribution >= 0.6 is 0 Å². The molecule has 17 heavy (non-hydrogen) atoms. The first-order valence-electron chi connectivity index (χ1n) is 5.10. The Morgan fingerprint density at radius 1 is 1.29 bits per heavy atom. The lowest BCUT2D eigenvalue weighted by atomic mass is 10.2. The summed E-state index contributed by atoms with van der Waals surface area (Å²) in [6.45, 7) is 1.90. The van der Waals surface area contributed by atoms with Crippen molar-refractivity contribution in [2.24, 2.45) is 0 Å². The zero-order valence-corrected chi connectivity index (χ0v) is 9.34. The number of nitrogens with two attached hydrogens (primary N) is 1. The molecule has 0 spiro atoms. The molecule has 0 aliphatic rings. The van der Waals surface area contributed by atoms with E-state index in [1.165, 1.54) is 6.20 Å². The topological polar surface area (TPSA) is 80.9 Å². The highest BCUT2D eigenvalue weighted by Gasteiger charge is 2.08. The molecule has 0 saturated heterocycles. The summed E-state index contributed by atoms with van der Waals surface area (Å²) in [6, 6.07) is 5.04. The number of nitrogens with one attached hydrogen (secondary N) is 1. The summed E-state index contributed by atoms with van der Waals surface area (Å²) in [4.78, 5) is 19.7. The lowest BCUT2D eigenvalue weighted by molar-refractivity contribution is 0.102. The molecule has 3 N–H and O–H groups in total. The number of aryl methyl sites for hydroxylation is 1. The maximum absolute atomic E-state index is 11.8. The van der Waals surface area contributed by atoms with Gasteiger partial charge in [0.25, 0.3) is 5.91 Å². The second-order valence-corrected chi connectivity index (χ2v) is 3.62. The van der Waals surface area contributed by atoms with Gasteiger partial charge in [0.05, 0.1) is 23.8 Å². The third kappa shape index (κ3) is 2.57.